The minimum atomic E-state index is 0.0192. The third-order valence-electron chi connectivity index (χ3n) is 7.00. The monoisotopic (exact) mass is 471 g/mol. The molecule has 0 radical (unpaired) electrons. The lowest BCUT2D eigenvalue weighted by atomic mass is 9.84. The zero-order chi connectivity index (χ0) is 25.7. The lowest BCUT2D eigenvalue weighted by Crippen LogP contribution is -2.11. The number of hydrogen-bond acceptors (Lipinski definition) is 2. The van der Waals surface area contributed by atoms with Crippen molar-refractivity contribution in [3.63, 3.8) is 0 Å². The van der Waals surface area contributed by atoms with Crippen LogP contribution in [0.15, 0.2) is 91.0 Å². The van der Waals surface area contributed by atoms with Crippen LogP contribution >= 0.6 is 0 Å². The van der Waals surface area contributed by atoms with Crippen LogP contribution in [0.25, 0.3) is 32.9 Å². The van der Waals surface area contributed by atoms with E-state index in [1.54, 1.807) is 0 Å². The van der Waals surface area contributed by atoms with E-state index in [9.17, 15) is 4.79 Å². The predicted octanol–water partition coefficient (Wildman–Crippen LogP) is 8.88. The van der Waals surface area contributed by atoms with Crippen molar-refractivity contribution in [2.45, 2.75) is 52.4 Å². The van der Waals surface area contributed by atoms with Crippen molar-refractivity contribution >= 4 is 27.6 Å². The molecule has 0 spiro atoms. The van der Waals surface area contributed by atoms with E-state index in [0.29, 0.717) is 11.1 Å². The van der Waals surface area contributed by atoms with Crippen LogP contribution in [0.3, 0.4) is 0 Å². The van der Waals surface area contributed by atoms with Gasteiger partial charge < -0.3 is 0 Å². The maximum atomic E-state index is 13.9. The Hall–Kier alpha value is -3.78. The quantitative estimate of drug-likeness (QED) is 0.194. The van der Waals surface area contributed by atoms with Gasteiger partial charge in [-0.3, -0.25) is 4.79 Å². The summed E-state index contributed by atoms with van der Waals surface area (Å²) >= 11 is 0. The summed E-state index contributed by atoms with van der Waals surface area (Å²) in [7, 11) is 0. The van der Waals surface area contributed by atoms with Gasteiger partial charge in [0.15, 0.2) is 5.78 Å². The molecule has 36 heavy (non-hydrogen) atoms. The largest absolute Gasteiger partial charge is 0.289 e. The van der Waals surface area contributed by atoms with Crippen LogP contribution in [-0.2, 0) is 10.8 Å². The molecule has 4 aromatic carbocycles. The van der Waals surface area contributed by atoms with Crippen molar-refractivity contribution in [3.05, 3.63) is 113 Å². The Morgan fingerprint density at radius 2 is 1.17 bits per heavy atom. The van der Waals surface area contributed by atoms with Gasteiger partial charge in [-0.2, -0.15) is 0 Å². The van der Waals surface area contributed by atoms with Crippen molar-refractivity contribution in [2.75, 3.05) is 0 Å². The fourth-order valence-electron chi connectivity index (χ4n) is 4.85. The third-order valence-corrected chi connectivity index (χ3v) is 7.00. The molecule has 0 atom stereocenters. The van der Waals surface area contributed by atoms with Gasteiger partial charge in [0.2, 0.25) is 0 Å². The zero-order valence-electron chi connectivity index (χ0n) is 22.0. The number of carbonyl (C=O) groups is 1. The summed E-state index contributed by atoms with van der Waals surface area (Å²) in [6.07, 6.45) is 0. The highest BCUT2D eigenvalue weighted by Gasteiger charge is 2.21. The molecule has 0 aliphatic carbocycles. The molecule has 0 fully saturated rings. The van der Waals surface area contributed by atoms with Crippen LogP contribution in [0.4, 0.5) is 0 Å². The van der Waals surface area contributed by atoms with Gasteiger partial charge in [0.05, 0.1) is 11.0 Å². The van der Waals surface area contributed by atoms with E-state index >= 15 is 0 Å². The van der Waals surface area contributed by atoms with Crippen molar-refractivity contribution in [1.29, 1.82) is 0 Å². The van der Waals surface area contributed by atoms with Crippen LogP contribution < -0.4 is 0 Å². The van der Waals surface area contributed by atoms with E-state index in [2.05, 4.69) is 84.0 Å². The summed E-state index contributed by atoms with van der Waals surface area (Å²) < 4.78 is 0. The molecule has 180 valence electrons. The van der Waals surface area contributed by atoms with Crippen LogP contribution in [-0.4, -0.2) is 10.8 Å². The molecule has 0 unspecified atom stereocenters. The van der Waals surface area contributed by atoms with Crippen LogP contribution in [0.1, 0.15) is 68.6 Å². The number of fused-ring (bicyclic) bond motifs is 2. The topological polar surface area (TPSA) is 30.0 Å². The number of benzene rings is 4. The molecule has 0 bridgehead atoms. The maximum absolute atomic E-state index is 13.9. The van der Waals surface area contributed by atoms with Crippen molar-refractivity contribution in [1.82, 2.24) is 4.98 Å². The lowest BCUT2D eigenvalue weighted by molar-refractivity contribution is 0.104. The van der Waals surface area contributed by atoms with E-state index in [4.69, 9.17) is 4.98 Å². The Morgan fingerprint density at radius 1 is 0.611 bits per heavy atom. The van der Waals surface area contributed by atoms with E-state index in [1.165, 1.54) is 11.1 Å². The number of ketones is 1. The summed E-state index contributed by atoms with van der Waals surface area (Å²) in [5.74, 6) is 0.0192. The van der Waals surface area contributed by atoms with Crippen LogP contribution in [0.5, 0.6) is 0 Å². The molecular weight excluding hydrogens is 438 g/mol. The highest BCUT2D eigenvalue weighted by Crippen LogP contribution is 2.38. The Bertz CT molecular complexity index is 1580. The highest BCUT2D eigenvalue weighted by atomic mass is 16.1. The first kappa shape index (κ1) is 23.9. The SMILES string of the molecule is CC(C)(C)c1ccc(C(=O)c2cccc3nc4ccccc4c(-c4ccc(C(C)(C)C)cc4)c23)cc1. The number of aromatic nitrogens is 1. The van der Waals surface area contributed by atoms with Crippen LogP contribution in [0.2, 0.25) is 0 Å². The number of rotatable bonds is 3. The third kappa shape index (κ3) is 4.33. The summed E-state index contributed by atoms with van der Waals surface area (Å²) in [5.41, 5.74) is 7.90. The molecule has 5 rings (SSSR count). The minimum Gasteiger partial charge on any atom is -0.289 e. The molecule has 0 saturated heterocycles. The predicted molar refractivity (Wildman–Crippen MR) is 152 cm³/mol. The van der Waals surface area contributed by atoms with E-state index in [-0.39, 0.29) is 16.6 Å². The number of pyridine rings is 1. The summed E-state index contributed by atoms with van der Waals surface area (Å²) in [6, 6.07) is 30.9. The van der Waals surface area contributed by atoms with Gasteiger partial charge >= 0.3 is 0 Å². The Balaban J connectivity index is 1.75. The highest BCUT2D eigenvalue weighted by molar-refractivity contribution is 6.22. The standard InChI is InChI=1S/C34H33NO/c1-33(2,3)24-18-14-22(15-19-24)30-26-10-7-8-12-28(26)35-29-13-9-11-27(31(29)30)32(36)23-16-20-25(21-17-23)34(4,5)6/h7-21H,1-6H3. The van der Waals surface area contributed by atoms with E-state index < -0.39 is 0 Å². The average Bonchev–Trinajstić information content (AvgIpc) is 2.85. The number of hydrogen-bond donors (Lipinski definition) is 0. The van der Waals surface area contributed by atoms with Crippen LogP contribution in [0, 0.1) is 0 Å². The zero-order valence-corrected chi connectivity index (χ0v) is 22.0. The fourth-order valence-corrected chi connectivity index (χ4v) is 4.85. The number of para-hydroxylation sites is 1. The van der Waals surface area contributed by atoms with Crippen molar-refractivity contribution in [2.24, 2.45) is 0 Å². The first-order valence-electron chi connectivity index (χ1n) is 12.6. The van der Waals surface area contributed by atoms with E-state index in [0.717, 1.165) is 32.9 Å². The van der Waals surface area contributed by atoms with Gasteiger partial charge in [-0.05, 0) is 39.7 Å². The smallest absolute Gasteiger partial charge is 0.193 e. The molecule has 1 aromatic heterocycles. The molecule has 5 aromatic rings. The summed E-state index contributed by atoms with van der Waals surface area (Å²) in [6.45, 7) is 13.2. The Kier molecular flexibility index (Phi) is 5.79. The normalized spacial score (nSPS) is 12.3. The van der Waals surface area contributed by atoms with Gasteiger partial charge in [0, 0.05) is 27.5 Å². The molecule has 0 aliphatic heterocycles. The van der Waals surface area contributed by atoms with Gasteiger partial charge in [0.25, 0.3) is 0 Å². The summed E-state index contributed by atoms with van der Waals surface area (Å²) in [5, 5.41) is 1.96. The molecule has 2 nitrogen and oxygen atoms in total. The van der Waals surface area contributed by atoms with Crippen molar-refractivity contribution < 1.29 is 4.79 Å². The average molecular weight is 472 g/mol. The molecule has 0 saturated carbocycles. The van der Waals surface area contributed by atoms with Gasteiger partial charge in [-0.25, -0.2) is 4.98 Å². The first-order chi connectivity index (χ1) is 17.0. The second-order valence-corrected chi connectivity index (χ2v) is 11.7. The Labute approximate surface area is 214 Å². The van der Waals surface area contributed by atoms with Gasteiger partial charge in [0.1, 0.15) is 0 Å². The second kappa shape index (κ2) is 8.71. The summed E-state index contributed by atoms with van der Waals surface area (Å²) in [4.78, 5) is 18.9. The number of nitrogens with zero attached hydrogens (tertiary/aromatic N) is 1. The van der Waals surface area contributed by atoms with E-state index in [1.807, 2.05) is 48.5 Å². The minimum absolute atomic E-state index is 0.0192. The molecular formula is C34H33NO. The molecule has 0 N–H and O–H groups in total. The fraction of sp³-hybridized carbons (Fsp3) is 0.235. The van der Waals surface area contributed by atoms with Gasteiger partial charge in [-0.15, -0.1) is 0 Å². The lowest BCUT2D eigenvalue weighted by Gasteiger charge is -2.20. The van der Waals surface area contributed by atoms with Crippen molar-refractivity contribution in [3.8, 4) is 11.1 Å². The number of carbonyl (C=O) groups excluding carboxylic acids is 1. The Morgan fingerprint density at radius 3 is 1.78 bits per heavy atom. The van der Waals surface area contributed by atoms with Gasteiger partial charge in [-0.1, -0.05) is 120 Å². The second-order valence-electron chi connectivity index (χ2n) is 11.7. The molecule has 1 heterocycles. The first-order valence-corrected chi connectivity index (χ1v) is 12.6. The molecule has 0 amide bonds. The molecule has 2 heteroatoms. The molecule has 0 aliphatic rings. The maximum Gasteiger partial charge on any atom is 0.193 e.